The third kappa shape index (κ3) is 0.849. The Hall–Kier alpha value is -0.780. The average Bonchev–Trinajstić information content (AvgIpc) is 1.97. The van der Waals surface area contributed by atoms with Crippen LogP contribution in [-0.2, 0) is 0 Å². The molecule has 0 amide bonds. The van der Waals surface area contributed by atoms with E-state index in [4.69, 9.17) is 0 Å². The molecule has 0 N–H and O–H groups in total. The first-order valence-electron chi connectivity index (χ1n) is 3.12. The lowest BCUT2D eigenvalue weighted by molar-refractivity contribution is 0.609. The number of hydrogen-bond acceptors (Lipinski definition) is 0. The molecule has 0 nitrogen and oxygen atoms in total. The van der Waals surface area contributed by atoms with E-state index in [0.29, 0.717) is 0 Å². The van der Waals surface area contributed by atoms with Crippen molar-refractivity contribution in [2.24, 2.45) is 5.41 Å². The molecule has 1 rings (SSSR count). The summed E-state index contributed by atoms with van der Waals surface area (Å²) in [4.78, 5) is 0. The van der Waals surface area contributed by atoms with E-state index < -0.39 is 0 Å². The van der Waals surface area contributed by atoms with Gasteiger partial charge in [-0.05, 0) is 11.1 Å². The van der Waals surface area contributed by atoms with Crippen molar-refractivity contribution in [3.63, 3.8) is 0 Å². The van der Waals surface area contributed by atoms with E-state index >= 15 is 0 Å². The molecular weight excluding hydrogens is 108 g/mol. The monoisotopic (exact) mass is 120 g/mol. The van der Waals surface area contributed by atoms with Gasteiger partial charge < -0.3 is 0 Å². The van der Waals surface area contributed by atoms with Gasteiger partial charge in [0.15, 0.2) is 0 Å². The molecule has 0 saturated carbocycles. The predicted octanol–water partition coefficient (Wildman–Crippen LogP) is 2.69. The van der Waals surface area contributed by atoms with Crippen LogP contribution in [-0.4, -0.2) is 0 Å². The Kier molecular flexibility index (Phi) is 1.13. The third-order valence-corrected chi connectivity index (χ3v) is 1.87. The largest absolute Gasteiger partial charge is 0.0944 e. The van der Waals surface area contributed by atoms with Gasteiger partial charge in [-0.1, -0.05) is 39.2 Å². The second kappa shape index (κ2) is 1.60. The first-order valence-corrected chi connectivity index (χ1v) is 3.12. The molecule has 0 unspecified atom stereocenters. The molecule has 9 heavy (non-hydrogen) atoms. The molecule has 0 aromatic carbocycles. The van der Waals surface area contributed by atoms with Crippen LogP contribution < -0.4 is 0 Å². The van der Waals surface area contributed by atoms with Gasteiger partial charge in [0.25, 0.3) is 0 Å². The van der Waals surface area contributed by atoms with Crippen molar-refractivity contribution in [1.82, 2.24) is 0 Å². The van der Waals surface area contributed by atoms with Crippen molar-refractivity contribution in [3.05, 3.63) is 36.5 Å². The molecule has 0 aromatic heterocycles. The van der Waals surface area contributed by atoms with Gasteiger partial charge in [0.2, 0.25) is 0 Å². The lowest BCUT2D eigenvalue weighted by Crippen LogP contribution is -2.05. The Labute approximate surface area is 56.6 Å². The van der Waals surface area contributed by atoms with Gasteiger partial charge in [0.1, 0.15) is 0 Å². The molecule has 0 atom stereocenters. The van der Waals surface area contributed by atoms with Crippen LogP contribution in [0.1, 0.15) is 13.8 Å². The molecule has 0 aromatic rings. The Balaban J connectivity index is 3.00. The zero-order valence-electron chi connectivity index (χ0n) is 6.07. The van der Waals surface area contributed by atoms with Gasteiger partial charge in [-0.3, -0.25) is 0 Å². The van der Waals surface area contributed by atoms with Crippen molar-refractivity contribution >= 4 is 0 Å². The van der Waals surface area contributed by atoms with E-state index in [0.717, 1.165) is 11.1 Å². The fourth-order valence-electron chi connectivity index (χ4n) is 0.924. The standard InChI is InChI=1S/C9H12/c1-7-5-6-9(3,4)8(7)2/h5-6H,1-2H2,3-4H3. The molecule has 0 aliphatic heterocycles. The molecule has 1 aliphatic carbocycles. The van der Waals surface area contributed by atoms with E-state index in [2.05, 4.69) is 33.1 Å². The summed E-state index contributed by atoms with van der Waals surface area (Å²) in [5.74, 6) is 0. The van der Waals surface area contributed by atoms with Crippen molar-refractivity contribution < 1.29 is 0 Å². The maximum Gasteiger partial charge on any atom is 0.00784 e. The topological polar surface area (TPSA) is 0 Å². The zero-order valence-corrected chi connectivity index (χ0v) is 6.07. The van der Waals surface area contributed by atoms with Gasteiger partial charge in [-0.2, -0.15) is 0 Å². The van der Waals surface area contributed by atoms with Gasteiger partial charge in [-0.15, -0.1) is 0 Å². The fourth-order valence-corrected chi connectivity index (χ4v) is 0.924. The van der Waals surface area contributed by atoms with Crippen LogP contribution in [0.4, 0.5) is 0 Å². The van der Waals surface area contributed by atoms with Crippen molar-refractivity contribution in [2.75, 3.05) is 0 Å². The highest BCUT2D eigenvalue weighted by Crippen LogP contribution is 2.37. The summed E-state index contributed by atoms with van der Waals surface area (Å²) < 4.78 is 0. The molecule has 0 radical (unpaired) electrons. The lowest BCUT2D eigenvalue weighted by Gasteiger charge is -2.16. The van der Waals surface area contributed by atoms with Crippen LogP contribution in [0.2, 0.25) is 0 Å². The molecule has 0 saturated heterocycles. The Bertz CT molecular complexity index is 192. The Morgan fingerprint density at radius 2 is 1.89 bits per heavy atom. The van der Waals surface area contributed by atoms with E-state index in [1.807, 2.05) is 6.08 Å². The highest BCUT2D eigenvalue weighted by Gasteiger charge is 2.23. The molecule has 0 heteroatoms. The summed E-state index contributed by atoms with van der Waals surface area (Å²) >= 11 is 0. The number of hydrogen-bond donors (Lipinski definition) is 0. The summed E-state index contributed by atoms with van der Waals surface area (Å²) in [7, 11) is 0. The van der Waals surface area contributed by atoms with E-state index in [9.17, 15) is 0 Å². The van der Waals surface area contributed by atoms with Gasteiger partial charge in [0.05, 0.1) is 0 Å². The molecule has 0 fully saturated rings. The van der Waals surface area contributed by atoms with Crippen LogP contribution in [0.5, 0.6) is 0 Å². The minimum absolute atomic E-state index is 0.150. The Morgan fingerprint density at radius 1 is 1.33 bits per heavy atom. The average molecular weight is 120 g/mol. The van der Waals surface area contributed by atoms with Crippen LogP contribution in [0.25, 0.3) is 0 Å². The maximum absolute atomic E-state index is 3.93. The SMILES string of the molecule is C=C1C=CC(C)(C)C1=C. The molecular formula is C9H12. The second-order valence-electron chi connectivity index (χ2n) is 3.06. The fraction of sp³-hybridized carbons (Fsp3) is 0.333. The maximum atomic E-state index is 3.93. The quantitative estimate of drug-likeness (QED) is 0.461. The number of rotatable bonds is 0. The van der Waals surface area contributed by atoms with Crippen LogP contribution in [0, 0.1) is 5.41 Å². The third-order valence-electron chi connectivity index (χ3n) is 1.87. The summed E-state index contributed by atoms with van der Waals surface area (Å²) in [5.41, 5.74) is 2.36. The lowest BCUT2D eigenvalue weighted by atomic mass is 9.88. The first-order chi connectivity index (χ1) is 4.04. The zero-order chi connectivity index (χ0) is 7.07. The minimum Gasteiger partial charge on any atom is -0.0944 e. The summed E-state index contributed by atoms with van der Waals surface area (Å²) in [6, 6.07) is 0. The second-order valence-corrected chi connectivity index (χ2v) is 3.06. The predicted molar refractivity (Wildman–Crippen MR) is 41.2 cm³/mol. The molecule has 0 spiro atoms. The molecule has 1 aliphatic rings. The highest BCUT2D eigenvalue weighted by molar-refractivity contribution is 5.48. The summed E-state index contributed by atoms with van der Waals surface area (Å²) in [6.07, 6.45) is 4.17. The van der Waals surface area contributed by atoms with E-state index in [-0.39, 0.29) is 5.41 Å². The molecule has 0 bridgehead atoms. The normalized spacial score (nSPS) is 23.3. The summed E-state index contributed by atoms with van der Waals surface area (Å²) in [6.45, 7) is 12.1. The van der Waals surface area contributed by atoms with Crippen molar-refractivity contribution in [3.8, 4) is 0 Å². The molecule has 48 valence electrons. The van der Waals surface area contributed by atoms with E-state index in [1.165, 1.54) is 0 Å². The van der Waals surface area contributed by atoms with Gasteiger partial charge in [-0.25, -0.2) is 0 Å². The minimum atomic E-state index is 0.150. The van der Waals surface area contributed by atoms with E-state index in [1.54, 1.807) is 0 Å². The Morgan fingerprint density at radius 3 is 2.00 bits per heavy atom. The first kappa shape index (κ1) is 6.34. The van der Waals surface area contributed by atoms with Crippen LogP contribution >= 0.6 is 0 Å². The number of allylic oxidation sites excluding steroid dienone is 4. The van der Waals surface area contributed by atoms with Gasteiger partial charge in [0, 0.05) is 5.41 Å². The molecule has 0 heterocycles. The van der Waals surface area contributed by atoms with Crippen LogP contribution in [0.3, 0.4) is 0 Å². The smallest absolute Gasteiger partial charge is 0.00784 e. The van der Waals surface area contributed by atoms with Crippen LogP contribution in [0.15, 0.2) is 36.5 Å². The highest BCUT2D eigenvalue weighted by atomic mass is 14.3. The van der Waals surface area contributed by atoms with Gasteiger partial charge >= 0.3 is 0 Å². The van der Waals surface area contributed by atoms with Crippen molar-refractivity contribution in [2.45, 2.75) is 13.8 Å². The summed E-state index contributed by atoms with van der Waals surface area (Å²) in [5, 5.41) is 0. The van der Waals surface area contributed by atoms with Crippen molar-refractivity contribution in [1.29, 1.82) is 0 Å².